The van der Waals surface area contributed by atoms with Gasteiger partial charge >= 0.3 is 11.9 Å². The number of anilines is 2. The van der Waals surface area contributed by atoms with Crippen LogP contribution in [0.5, 0.6) is 23.0 Å². The lowest BCUT2D eigenvalue weighted by Crippen LogP contribution is -2.21. The second kappa shape index (κ2) is 38.6. The number of nitrogens with zero attached hydrogens (tertiary/aromatic N) is 3. The number of aromatic nitrogens is 3. The van der Waals surface area contributed by atoms with Crippen LogP contribution in [0.25, 0.3) is 23.3 Å². The van der Waals surface area contributed by atoms with Crippen LogP contribution in [0.3, 0.4) is 0 Å². The maximum absolute atomic E-state index is 12.4. The van der Waals surface area contributed by atoms with Crippen LogP contribution < -0.4 is 35.7 Å². The number of aromatic carboxylic acids is 2. The first-order valence-corrected chi connectivity index (χ1v) is 43.6. The molecule has 0 atom stereocenters. The van der Waals surface area contributed by atoms with Gasteiger partial charge in [-0.25, -0.2) is 39.8 Å². The Kier molecular flexibility index (Phi) is 28.5. The van der Waals surface area contributed by atoms with E-state index in [4.69, 9.17) is 18.4 Å². The molecule has 11 aromatic carbocycles. The third-order valence-electron chi connectivity index (χ3n) is 20.8. The molecule has 3 N–H and O–H groups in total. The van der Waals surface area contributed by atoms with Crippen LogP contribution in [-0.4, -0.2) is 101 Å². The lowest BCUT2D eigenvalue weighted by atomic mass is 9.90. The van der Waals surface area contributed by atoms with Crippen LogP contribution in [0, 0.1) is 55.4 Å². The minimum absolute atomic E-state index is 0.0764. The van der Waals surface area contributed by atoms with Gasteiger partial charge in [-0.05, 0) is 261 Å². The Hall–Kier alpha value is -12.0. The van der Waals surface area contributed by atoms with Crippen LogP contribution in [0.2, 0.25) is 0 Å². The highest BCUT2D eigenvalue weighted by Gasteiger charge is 2.27. The molecule has 119 heavy (non-hydrogen) atoms. The van der Waals surface area contributed by atoms with Crippen LogP contribution in [0.1, 0.15) is 158 Å². The first-order chi connectivity index (χ1) is 56.8. The average Bonchev–Trinajstić information content (AvgIpc) is 0.747. The van der Waals surface area contributed by atoms with Crippen LogP contribution in [-0.2, 0) is 73.0 Å². The van der Waals surface area contributed by atoms with Crippen LogP contribution >= 0.6 is 0 Å². The second-order valence-electron chi connectivity index (χ2n) is 29.6. The Labute approximate surface area is 699 Å². The van der Waals surface area contributed by atoms with E-state index in [1.165, 1.54) is 86.2 Å². The minimum Gasteiger partial charge on any atom is -0.744 e. The third-order valence-corrected chi connectivity index (χ3v) is 23.6. The molecule has 20 nitrogen and oxygen atoms in total. The van der Waals surface area contributed by atoms with Crippen molar-refractivity contribution in [2.45, 2.75) is 117 Å². The fourth-order valence-corrected chi connectivity index (χ4v) is 16.9. The predicted octanol–water partition coefficient (Wildman–Crippen LogP) is 15.2. The molecule has 0 spiro atoms. The van der Waals surface area contributed by atoms with Gasteiger partial charge in [-0.2, -0.15) is 14.2 Å². The van der Waals surface area contributed by atoms with Crippen molar-refractivity contribution in [2.24, 2.45) is 0 Å². The van der Waals surface area contributed by atoms with Gasteiger partial charge in [0.25, 0.3) is 0 Å². The number of carboxylic acid groups (broad SMARTS) is 2. The number of aryl methyl sites for hydroxylation is 10. The Balaban J connectivity index is 0.000000175. The van der Waals surface area contributed by atoms with E-state index in [0.29, 0.717) is 89.2 Å². The van der Waals surface area contributed by atoms with E-state index in [1.54, 1.807) is 43.5 Å². The van der Waals surface area contributed by atoms with E-state index in [0.717, 1.165) is 86.0 Å². The van der Waals surface area contributed by atoms with Crippen molar-refractivity contribution in [3.63, 3.8) is 0 Å². The average molecular weight is 1670 g/mol. The normalized spacial score (nSPS) is 12.3. The van der Waals surface area contributed by atoms with E-state index >= 15 is 0 Å². The number of rotatable bonds is 24. The van der Waals surface area contributed by atoms with Gasteiger partial charge in [0.1, 0.15) is 64.7 Å². The summed E-state index contributed by atoms with van der Waals surface area (Å²) in [5, 5.41) is 24.8. The molecule has 0 saturated heterocycles. The van der Waals surface area contributed by atoms with E-state index in [2.05, 4.69) is 173 Å². The number of methoxy groups -OCH3 is 1. The summed E-state index contributed by atoms with van der Waals surface area (Å²) >= 11 is 2.83. The van der Waals surface area contributed by atoms with Gasteiger partial charge in [-0.1, -0.05) is 146 Å². The zero-order valence-electron chi connectivity index (χ0n) is 67.5. The van der Waals surface area contributed by atoms with Gasteiger partial charge in [0.2, 0.25) is 5.95 Å². The Bertz CT molecular complexity index is 6130. The summed E-state index contributed by atoms with van der Waals surface area (Å²) in [5.41, 5.74) is 20.0. The number of fused-ring (bicyclic) bond motifs is 4. The zero-order valence-corrected chi connectivity index (χ0v) is 70.8. The molecule has 24 heteroatoms. The number of carbonyl (C=O) groups is 2. The SMILES string of the molecule is COCCCCc1nc(CCCCS(C)(=O)=O)nc(Nc2cc(C(=O)O)cc(C(=O)O)c2)n1.Cc1cccc(C)c1/C=c1\ccc2c(c1)Oc1cc(Cc3c(C)cccc3C)ccc1C=2c1ccccc1S(=O)(=O)[O-].Cc1cccc(C)c1/C=c1\ccc2c(c1)Oc1cc(Cc3c(C)cccc3C)ccc1C=2c1ccccc1S(=O)(=O)[O-].O=S. The number of nitrogens with one attached hydrogen (secondary N) is 1. The summed E-state index contributed by atoms with van der Waals surface area (Å²) < 4.78 is 123. The van der Waals surface area contributed by atoms with Crippen molar-refractivity contribution in [2.75, 3.05) is 31.0 Å². The highest BCUT2D eigenvalue weighted by Crippen LogP contribution is 2.42. The largest absolute Gasteiger partial charge is 0.744 e. The second-order valence-corrected chi connectivity index (χ2v) is 34.5. The van der Waals surface area contributed by atoms with Crippen molar-refractivity contribution >= 4 is 89.5 Å². The zero-order chi connectivity index (χ0) is 85.6. The van der Waals surface area contributed by atoms with Crippen LogP contribution in [0.15, 0.2) is 222 Å². The number of carboxylic acids is 2. The van der Waals surface area contributed by atoms with Crippen molar-refractivity contribution in [3.05, 3.63) is 356 Å². The van der Waals surface area contributed by atoms with E-state index in [1.807, 2.05) is 72.8 Å². The first-order valence-electron chi connectivity index (χ1n) is 38.4. The number of unbranched alkanes of at least 4 members (excludes halogenated alkanes) is 2. The van der Waals surface area contributed by atoms with Crippen molar-refractivity contribution in [3.8, 4) is 23.0 Å². The molecule has 2 aliphatic heterocycles. The summed E-state index contributed by atoms with van der Waals surface area (Å²) in [7, 11) is -10.9. The Morgan fingerprint density at radius 3 is 1.21 bits per heavy atom. The lowest BCUT2D eigenvalue weighted by molar-refractivity contribution is 0.0696. The molecule has 612 valence electrons. The summed E-state index contributed by atoms with van der Waals surface area (Å²) in [6.07, 6.45) is 10.6. The number of hydrogen-bond donors (Lipinski definition) is 3. The molecular weight excluding hydrogens is 1580 g/mol. The van der Waals surface area contributed by atoms with Crippen molar-refractivity contribution in [1.82, 2.24) is 15.0 Å². The highest BCUT2D eigenvalue weighted by molar-refractivity contribution is 7.90. The van der Waals surface area contributed by atoms with E-state index < -0.39 is 42.0 Å². The molecule has 0 aliphatic carbocycles. The molecule has 0 amide bonds. The molecule has 2 aliphatic rings. The Morgan fingerprint density at radius 2 is 0.832 bits per heavy atom. The highest BCUT2D eigenvalue weighted by atomic mass is 32.2. The Morgan fingerprint density at radius 1 is 0.445 bits per heavy atom. The number of hydrogen-bond acceptors (Lipinski definition) is 19. The van der Waals surface area contributed by atoms with Gasteiger partial charge in [0.05, 0.1) is 20.9 Å². The molecule has 0 saturated carbocycles. The number of ether oxygens (including phenoxy) is 3. The lowest BCUT2D eigenvalue weighted by Gasteiger charge is -2.24. The summed E-state index contributed by atoms with van der Waals surface area (Å²) in [4.78, 5) is 35.4. The molecule has 0 unspecified atom stereocenters. The van der Waals surface area contributed by atoms with Gasteiger partial charge in [-0.15, -0.1) is 0 Å². The van der Waals surface area contributed by atoms with Gasteiger partial charge < -0.3 is 38.8 Å². The fourth-order valence-electron chi connectivity index (χ4n) is 14.8. The molecule has 12 aromatic rings. The smallest absolute Gasteiger partial charge is 0.335 e. The number of sulfone groups is 1. The monoisotopic (exact) mass is 1670 g/mol. The fraction of sp³-hybridized carbons (Fsp3) is 0.211. The van der Waals surface area contributed by atoms with Gasteiger partial charge in [-0.3, -0.25) is 0 Å². The first kappa shape index (κ1) is 87.8. The standard InChI is InChI=1S/2C37H32O4S.C21H28N4O7S.OS/c2*1-23-9-7-10-24(2)32(23)19-27-15-17-29-34(21-27)41-35-22-28(20-33-25(3)11-8-12-26(33)4)16-18-30(35)37(29)31-13-5-6-14-36(31)42(38,39)40;1-32-9-5-3-7-17-23-18(8-4-6-10-33(2,30)31)25-21(24-17)22-16-12-14(19(26)27)11-15(13-16)20(28)29;1-2/h2*5-19,21-22H,20H2,1-4H3,(H,38,39,40);11-13H,3-10H2,1-2H3,(H,26,27)(H,28,29)(H,22,23,24,25);/p-2/b2*27-19+;;. The van der Waals surface area contributed by atoms with Crippen molar-refractivity contribution < 1.29 is 72.6 Å². The quantitative estimate of drug-likeness (QED) is 0.0374. The molecule has 0 bridgehead atoms. The molecule has 0 radical (unpaired) electrons. The molecule has 3 heterocycles. The maximum Gasteiger partial charge on any atom is 0.335 e. The van der Waals surface area contributed by atoms with Gasteiger partial charge in [0.15, 0.2) is 12.5 Å². The molecule has 1 aromatic heterocycles. The third kappa shape index (κ3) is 22.1. The van der Waals surface area contributed by atoms with E-state index in [9.17, 15) is 54.2 Å². The topological polar surface area (TPSA) is 319 Å². The predicted molar refractivity (Wildman–Crippen MR) is 462 cm³/mol. The molecular formula is C95H90N4O16S4-2. The minimum atomic E-state index is -4.72. The summed E-state index contributed by atoms with van der Waals surface area (Å²) in [5.74, 6) is 1.18. The molecule has 14 rings (SSSR count). The van der Waals surface area contributed by atoms with Crippen molar-refractivity contribution in [1.29, 1.82) is 0 Å². The summed E-state index contributed by atoms with van der Waals surface area (Å²) in [6.45, 7) is 17.4. The van der Waals surface area contributed by atoms with Crippen LogP contribution in [0.4, 0.5) is 11.6 Å². The molecule has 0 fully saturated rings. The number of benzene rings is 11. The van der Waals surface area contributed by atoms with E-state index in [-0.39, 0.29) is 38.3 Å². The van der Waals surface area contributed by atoms with Gasteiger partial charge in [0, 0.05) is 88.1 Å². The maximum atomic E-state index is 12.4. The summed E-state index contributed by atoms with van der Waals surface area (Å²) in [6, 6.07) is 65.5.